The molecule has 2 N–H and O–H groups in total. The van der Waals surface area contributed by atoms with Crippen molar-refractivity contribution in [2.45, 2.75) is 19.0 Å². The van der Waals surface area contributed by atoms with Gasteiger partial charge < -0.3 is 19.7 Å². The van der Waals surface area contributed by atoms with Crippen LogP contribution in [0.1, 0.15) is 17.0 Å². The fourth-order valence-electron chi connectivity index (χ4n) is 3.46. The van der Waals surface area contributed by atoms with Crippen LogP contribution < -0.4 is 5.32 Å². The number of carbonyl (C=O) groups is 2. The summed E-state index contributed by atoms with van der Waals surface area (Å²) in [6.45, 7) is -0.700. The van der Waals surface area contributed by atoms with Crippen molar-refractivity contribution >= 4 is 28.5 Å². The Morgan fingerprint density at radius 3 is 2.97 bits per heavy atom. The lowest BCUT2D eigenvalue weighted by molar-refractivity contribution is -0.146. The first-order valence-electron chi connectivity index (χ1n) is 9.15. The summed E-state index contributed by atoms with van der Waals surface area (Å²) < 4.78 is 19.8. The number of nitrogens with one attached hydrogen (secondary N) is 1. The van der Waals surface area contributed by atoms with Gasteiger partial charge in [-0.1, -0.05) is 6.08 Å². The Hall–Kier alpha value is -3.66. The monoisotopic (exact) mass is 411 g/mol. The molecular formula is C20H18FN5O4. The van der Waals surface area contributed by atoms with Gasteiger partial charge in [-0.25, -0.2) is 19.2 Å². The van der Waals surface area contributed by atoms with Crippen molar-refractivity contribution in [2.75, 3.05) is 13.7 Å². The Bertz CT molecular complexity index is 1170. The Kier molecular flexibility index (Phi) is 5.23. The van der Waals surface area contributed by atoms with Gasteiger partial charge in [0.15, 0.2) is 6.04 Å². The molecule has 0 saturated heterocycles. The summed E-state index contributed by atoms with van der Waals surface area (Å²) in [6, 6.07) is 2.06. The highest BCUT2D eigenvalue weighted by Crippen LogP contribution is 2.34. The van der Waals surface area contributed by atoms with Crippen LogP contribution in [0.25, 0.3) is 16.6 Å². The number of carbonyl (C=O) groups excluding carboxylic acids is 2. The van der Waals surface area contributed by atoms with E-state index in [-0.39, 0.29) is 6.54 Å². The number of ether oxygens (including phenoxy) is 1. The zero-order valence-corrected chi connectivity index (χ0v) is 16.0. The number of esters is 1. The molecule has 10 heteroatoms. The molecule has 3 aromatic heterocycles. The van der Waals surface area contributed by atoms with Crippen LogP contribution in [0, 0.1) is 5.82 Å². The minimum atomic E-state index is -1.14. The van der Waals surface area contributed by atoms with Crippen LogP contribution in [0.15, 0.2) is 36.9 Å². The van der Waals surface area contributed by atoms with Gasteiger partial charge in [-0.15, -0.1) is 0 Å². The van der Waals surface area contributed by atoms with Crippen LogP contribution >= 0.6 is 0 Å². The van der Waals surface area contributed by atoms with Gasteiger partial charge in [-0.3, -0.25) is 9.78 Å². The highest BCUT2D eigenvalue weighted by molar-refractivity contribution is 5.95. The average Bonchev–Trinajstić information content (AvgIpc) is 3.35. The topological polar surface area (TPSA) is 119 Å². The number of aromatic nitrogens is 4. The second-order valence-electron chi connectivity index (χ2n) is 6.70. The predicted molar refractivity (Wildman–Crippen MR) is 104 cm³/mol. The second kappa shape index (κ2) is 7.99. The first-order valence-corrected chi connectivity index (χ1v) is 9.15. The number of pyridine rings is 1. The number of rotatable bonds is 6. The number of fused-ring (bicyclic) bond motifs is 2. The zero-order chi connectivity index (χ0) is 21.3. The van der Waals surface area contributed by atoms with Crippen molar-refractivity contribution < 1.29 is 23.8 Å². The van der Waals surface area contributed by atoms with E-state index in [4.69, 9.17) is 0 Å². The number of methoxy groups -OCH3 is 1. The van der Waals surface area contributed by atoms with Gasteiger partial charge in [-0.2, -0.15) is 0 Å². The maximum absolute atomic E-state index is 13.7. The fourth-order valence-corrected chi connectivity index (χ4v) is 3.46. The van der Waals surface area contributed by atoms with E-state index in [1.54, 1.807) is 16.8 Å². The van der Waals surface area contributed by atoms with Gasteiger partial charge in [0.25, 0.3) is 0 Å². The predicted octanol–water partition coefficient (Wildman–Crippen LogP) is 0.603. The molecule has 4 rings (SSSR count). The Balaban J connectivity index is 1.62. The zero-order valence-electron chi connectivity index (χ0n) is 16.0. The average molecular weight is 411 g/mol. The lowest BCUT2D eigenvalue weighted by atomic mass is 10.0. The van der Waals surface area contributed by atoms with Crippen molar-refractivity contribution in [1.29, 1.82) is 0 Å². The highest BCUT2D eigenvalue weighted by Gasteiger charge is 2.23. The summed E-state index contributed by atoms with van der Waals surface area (Å²) in [7, 11) is 1.17. The van der Waals surface area contributed by atoms with Gasteiger partial charge in [-0.05, 0) is 12.1 Å². The number of amides is 1. The molecule has 0 fully saturated rings. The maximum atomic E-state index is 13.7. The quantitative estimate of drug-likeness (QED) is 0.570. The minimum Gasteiger partial charge on any atom is -0.467 e. The van der Waals surface area contributed by atoms with Crippen molar-refractivity contribution in [1.82, 2.24) is 24.8 Å². The third-order valence-corrected chi connectivity index (χ3v) is 4.86. The summed E-state index contributed by atoms with van der Waals surface area (Å²) >= 11 is 0. The van der Waals surface area contributed by atoms with E-state index in [2.05, 4.69) is 25.0 Å². The van der Waals surface area contributed by atoms with Crippen molar-refractivity contribution in [3.05, 3.63) is 59.7 Å². The van der Waals surface area contributed by atoms with Gasteiger partial charge in [0, 0.05) is 29.1 Å². The Morgan fingerprint density at radius 1 is 1.37 bits per heavy atom. The third-order valence-electron chi connectivity index (χ3n) is 4.86. The van der Waals surface area contributed by atoms with Crippen molar-refractivity contribution in [3.63, 3.8) is 0 Å². The first-order chi connectivity index (χ1) is 14.5. The van der Waals surface area contributed by atoms with E-state index in [0.29, 0.717) is 28.7 Å². The number of allylic oxidation sites excluding steroid dienone is 1. The molecule has 154 valence electrons. The molecule has 0 radical (unpaired) electrons. The molecule has 1 atom stereocenters. The third kappa shape index (κ3) is 3.52. The summed E-state index contributed by atoms with van der Waals surface area (Å²) in [4.78, 5) is 36.6. The largest absolute Gasteiger partial charge is 0.467 e. The molecule has 3 aromatic rings. The molecule has 1 aliphatic rings. The number of aliphatic hydroxyl groups is 1. The molecule has 0 bridgehead atoms. The molecule has 0 unspecified atom stereocenters. The smallest absolute Gasteiger partial charge is 0.330 e. The normalized spacial score (nSPS) is 13.6. The van der Waals surface area contributed by atoms with E-state index in [1.165, 1.54) is 25.7 Å². The molecule has 3 heterocycles. The molecule has 0 aliphatic heterocycles. The van der Waals surface area contributed by atoms with E-state index in [9.17, 15) is 19.1 Å². The molecule has 1 amide bonds. The van der Waals surface area contributed by atoms with Crippen LogP contribution in [0.5, 0.6) is 0 Å². The summed E-state index contributed by atoms with van der Waals surface area (Å²) in [6.07, 6.45) is 6.76. The molecule has 1 aliphatic carbocycles. The Morgan fingerprint density at radius 2 is 2.20 bits per heavy atom. The number of halogens is 1. The van der Waals surface area contributed by atoms with E-state index in [0.717, 1.165) is 11.3 Å². The second-order valence-corrected chi connectivity index (χ2v) is 6.70. The molecule has 0 spiro atoms. The van der Waals surface area contributed by atoms with E-state index in [1.807, 2.05) is 6.08 Å². The molecule has 30 heavy (non-hydrogen) atoms. The Labute approximate surface area is 170 Å². The summed E-state index contributed by atoms with van der Waals surface area (Å²) in [5.74, 6) is -1.65. The number of hydrogen-bond acceptors (Lipinski definition) is 7. The van der Waals surface area contributed by atoms with Gasteiger partial charge >= 0.3 is 5.97 Å². The van der Waals surface area contributed by atoms with E-state index >= 15 is 0 Å². The number of nitrogens with zero attached hydrogens (tertiary/aromatic N) is 4. The molecule has 0 saturated carbocycles. The molecule has 0 aromatic carbocycles. The number of hydrogen-bond donors (Lipinski definition) is 2. The standard InChI is InChI=1S/C20H18FN5O4/c1-30-20(29)16(9-27)25-17(28)8-26-5-4-13-18(23-10-24-19(13)26)12-2-3-15-14(12)6-11(21)7-22-15/h2,4-7,10,16,27H,3,8-9H2,1H3,(H,25,28)/t16-/m0/s1. The fraction of sp³-hybridized carbons (Fsp3) is 0.250. The van der Waals surface area contributed by atoms with Crippen LogP contribution in [-0.2, 0) is 27.3 Å². The van der Waals surface area contributed by atoms with Crippen LogP contribution in [0.2, 0.25) is 0 Å². The molecular weight excluding hydrogens is 393 g/mol. The molecule has 9 nitrogen and oxygen atoms in total. The van der Waals surface area contributed by atoms with Crippen molar-refractivity contribution in [3.8, 4) is 0 Å². The van der Waals surface area contributed by atoms with Gasteiger partial charge in [0.05, 0.1) is 31.3 Å². The highest BCUT2D eigenvalue weighted by atomic mass is 19.1. The van der Waals surface area contributed by atoms with Gasteiger partial charge in [0.1, 0.15) is 24.3 Å². The maximum Gasteiger partial charge on any atom is 0.330 e. The van der Waals surface area contributed by atoms with Crippen LogP contribution in [-0.4, -0.2) is 56.3 Å². The SMILES string of the molecule is COC(=O)[C@H](CO)NC(=O)Cn1ccc2c(C3=CCc4ncc(F)cc43)ncnc21. The summed E-state index contributed by atoms with van der Waals surface area (Å²) in [5, 5.41) is 12.4. The first kappa shape index (κ1) is 19.6. The lowest BCUT2D eigenvalue weighted by Crippen LogP contribution is -2.45. The summed E-state index contributed by atoms with van der Waals surface area (Å²) in [5.41, 5.74) is 3.34. The van der Waals surface area contributed by atoms with Crippen LogP contribution in [0.4, 0.5) is 4.39 Å². The lowest BCUT2D eigenvalue weighted by Gasteiger charge is -2.14. The minimum absolute atomic E-state index is 0.126. The van der Waals surface area contributed by atoms with Crippen molar-refractivity contribution in [2.24, 2.45) is 0 Å². The number of aliphatic hydroxyl groups excluding tert-OH is 1. The van der Waals surface area contributed by atoms with Gasteiger partial charge in [0.2, 0.25) is 5.91 Å². The van der Waals surface area contributed by atoms with Crippen LogP contribution in [0.3, 0.4) is 0 Å². The van der Waals surface area contributed by atoms with E-state index < -0.39 is 30.3 Å².